The Balaban J connectivity index is 1.89. The van der Waals surface area contributed by atoms with Gasteiger partial charge in [0.1, 0.15) is 11.6 Å². The molecule has 4 nitrogen and oxygen atoms in total. The number of nitrogens with zero attached hydrogens (tertiary/aromatic N) is 1. The first-order chi connectivity index (χ1) is 9.04. The number of ether oxygens (including phenoxy) is 1. The van der Waals surface area contributed by atoms with E-state index in [-0.39, 0.29) is 18.3 Å². The molecule has 0 unspecified atom stereocenters. The Morgan fingerprint density at radius 2 is 2.37 bits per heavy atom. The largest absolute Gasteiger partial charge is 0.483 e. The summed E-state index contributed by atoms with van der Waals surface area (Å²) in [6.45, 7) is 1.68. The van der Waals surface area contributed by atoms with Crippen LogP contribution in [-0.4, -0.2) is 17.5 Å². The third-order valence-electron chi connectivity index (χ3n) is 2.12. The van der Waals surface area contributed by atoms with Crippen molar-refractivity contribution in [1.29, 1.82) is 0 Å². The molecule has 1 N–H and O–H groups in total. The predicted molar refractivity (Wildman–Crippen MR) is 75.1 cm³/mol. The van der Waals surface area contributed by atoms with E-state index in [1.165, 1.54) is 29.5 Å². The number of hydrogen-bond donors (Lipinski definition) is 1. The molecule has 0 bridgehead atoms. The van der Waals surface area contributed by atoms with Crippen molar-refractivity contribution in [3.05, 3.63) is 39.6 Å². The average Bonchev–Trinajstić information content (AvgIpc) is 2.73. The summed E-state index contributed by atoms with van der Waals surface area (Å²) < 4.78 is 18.6. The fourth-order valence-corrected chi connectivity index (χ4v) is 2.47. The van der Waals surface area contributed by atoms with Gasteiger partial charge in [-0.2, -0.15) is 0 Å². The Kier molecular flexibility index (Phi) is 4.49. The number of hydrogen-bond acceptors (Lipinski definition) is 4. The molecular formula is C12H10BrFN2O2S. The van der Waals surface area contributed by atoms with Crippen LogP contribution in [-0.2, 0) is 4.79 Å². The second-order valence-corrected chi connectivity index (χ2v) is 5.42. The number of nitrogens with one attached hydrogen (secondary N) is 1. The highest BCUT2D eigenvalue weighted by Gasteiger charge is 2.08. The summed E-state index contributed by atoms with van der Waals surface area (Å²) >= 11 is 4.51. The lowest BCUT2D eigenvalue weighted by molar-refractivity contribution is -0.118. The molecule has 0 aliphatic rings. The number of aromatic nitrogens is 1. The van der Waals surface area contributed by atoms with Crippen molar-refractivity contribution in [3.63, 3.8) is 0 Å². The van der Waals surface area contributed by atoms with Gasteiger partial charge in [0, 0.05) is 5.38 Å². The molecule has 0 saturated carbocycles. The molecule has 0 aliphatic heterocycles. The lowest BCUT2D eigenvalue weighted by Crippen LogP contribution is -2.20. The van der Waals surface area contributed by atoms with Crippen molar-refractivity contribution < 1.29 is 13.9 Å². The number of aryl methyl sites for hydroxylation is 1. The standard InChI is InChI=1S/C12H10BrFN2O2S/c1-7-6-19-12(15-7)16-11(17)5-18-10-3-2-8(14)4-9(10)13/h2-4,6H,5H2,1H3,(H,15,16,17). The number of benzene rings is 1. The van der Waals surface area contributed by atoms with Gasteiger partial charge in [0.05, 0.1) is 10.2 Å². The summed E-state index contributed by atoms with van der Waals surface area (Å²) in [6.07, 6.45) is 0. The topological polar surface area (TPSA) is 51.2 Å². The van der Waals surface area contributed by atoms with Crippen molar-refractivity contribution in [1.82, 2.24) is 4.98 Å². The van der Waals surface area contributed by atoms with Crippen LogP contribution in [0.15, 0.2) is 28.1 Å². The number of halogens is 2. The fourth-order valence-electron chi connectivity index (χ4n) is 1.30. The number of amides is 1. The monoisotopic (exact) mass is 344 g/mol. The minimum Gasteiger partial charge on any atom is -0.483 e. The summed E-state index contributed by atoms with van der Waals surface area (Å²) in [5, 5.41) is 4.99. The number of thiazole rings is 1. The summed E-state index contributed by atoms with van der Waals surface area (Å²) in [6, 6.07) is 4.00. The zero-order chi connectivity index (χ0) is 13.8. The van der Waals surface area contributed by atoms with E-state index in [1.807, 2.05) is 12.3 Å². The van der Waals surface area contributed by atoms with E-state index < -0.39 is 0 Å². The van der Waals surface area contributed by atoms with Gasteiger partial charge in [-0.1, -0.05) is 0 Å². The maximum Gasteiger partial charge on any atom is 0.264 e. The smallest absolute Gasteiger partial charge is 0.264 e. The normalized spacial score (nSPS) is 10.3. The first-order valence-corrected chi connectivity index (χ1v) is 7.01. The molecule has 0 saturated heterocycles. The van der Waals surface area contributed by atoms with Crippen LogP contribution in [0.3, 0.4) is 0 Å². The molecule has 0 atom stereocenters. The fraction of sp³-hybridized carbons (Fsp3) is 0.167. The van der Waals surface area contributed by atoms with Gasteiger partial charge in [0.25, 0.3) is 5.91 Å². The van der Waals surface area contributed by atoms with Crippen molar-refractivity contribution in [2.24, 2.45) is 0 Å². The molecule has 0 spiro atoms. The molecule has 0 aliphatic carbocycles. The third-order valence-corrected chi connectivity index (χ3v) is 3.61. The number of rotatable bonds is 4. The van der Waals surface area contributed by atoms with Gasteiger partial charge in [-0.25, -0.2) is 9.37 Å². The van der Waals surface area contributed by atoms with Gasteiger partial charge in [0.2, 0.25) is 0 Å². The van der Waals surface area contributed by atoms with Crippen LogP contribution < -0.4 is 10.1 Å². The van der Waals surface area contributed by atoms with Crippen molar-refractivity contribution in [2.45, 2.75) is 6.92 Å². The molecule has 1 aromatic carbocycles. The lowest BCUT2D eigenvalue weighted by atomic mass is 10.3. The van der Waals surface area contributed by atoms with E-state index in [9.17, 15) is 9.18 Å². The van der Waals surface area contributed by atoms with Crippen LogP contribution in [0.1, 0.15) is 5.69 Å². The van der Waals surface area contributed by atoms with Crippen LogP contribution in [0, 0.1) is 12.7 Å². The maximum absolute atomic E-state index is 12.9. The second kappa shape index (κ2) is 6.12. The van der Waals surface area contributed by atoms with Gasteiger partial charge < -0.3 is 4.74 Å². The van der Waals surface area contributed by atoms with E-state index in [1.54, 1.807) is 0 Å². The second-order valence-electron chi connectivity index (χ2n) is 3.71. The van der Waals surface area contributed by atoms with E-state index in [0.717, 1.165) is 5.69 Å². The summed E-state index contributed by atoms with van der Waals surface area (Å²) in [4.78, 5) is 15.7. The Labute approximate surface area is 121 Å². The molecule has 0 radical (unpaired) electrons. The molecule has 2 rings (SSSR count). The molecule has 1 heterocycles. The van der Waals surface area contributed by atoms with Gasteiger partial charge >= 0.3 is 0 Å². The highest BCUT2D eigenvalue weighted by Crippen LogP contribution is 2.25. The van der Waals surface area contributed by atoms with Crippen LogP contribution >= 0.6 is 27.3 Å². The molecular weight excluding hydrogens is 335 g/mol. The van der Waals surface area contributed by atoms with Gasteiger partial charge in [-0.3, -0.25) is 10.1 Å². The number of carbonyl (C=O) groups excluding carboxylic acids is 1. The van der Waals surface area contributed by atoms with E-state index in [0.29, 0.717) is 15.4 Å². The molecule has 1 aromatic heterocycles. The Morgan fingerprint density at radius 1 is 1.58 bits per heavy atom. The molecule has 1 amide bonds. The molecule has 7 heteroatoms. The number of anilines is 1. The number of carbonyl (C=O) groups is 1. The van der Waals surface area contributed by atoms with Crippen LogP contribution in [0.4, 0.5) is 9.52 Å². The van der Waals surface area contributed by atoms with Crippen LogP contribution in [0.5, 0.6) is 5.75 Å². The third kappa shape index (κ3) is 4.00. The molecule has 2 aromatic rings. The first-order valence-electron chi connectivity index (χ1n) is 5.34. The van der Waals surface area contributed by atoms with E-state index >= 15 is 0 Å². The van der Waals surface area contributed by atoms with Crippen LogP contribution in [0.2, 0.25) is 0 Å². The highest BCUT2D eigenvalue weighted by atomic mass is 79.9. The van der Waals surface area contributed by atoms with Gasteiger partial charge in [-0.15, -0.1) is 11.3 Å². The Hall–Kier alpha value is -1.47. The quantitative estimate of drug-likeness (QED) is 0.924. The SMILES string of the molecule is Cc1csc(NC(=O)COc2ccc(F)cc2Br)n1. The minimum absolute atomic E-state index is 0.164. The molecule has 19 heavy (non-hydrogen) atoms. The predicted octanol–water partition coefficient (Wildman–Crippen LogP) is 3.37. The summed E-state index contributed by atoms with van der Waals surface area (Å²) in [7, 11) is 0. The highest BCUT2D eigenvalue weighted by molar-refractivity contribution is 9.10. The van der Waals surface area contributed by atoms with Crippen molar-refractivity contribution >= 4 is 38.3 Å². The first kappa shape index (κ1) is 14.0. The molecule has 0 fully saturated rings. The molecule has 100 valence electrons. The van der Waals surface area contributed by atoms with E-state index in [4.69, 9.17) is 4.74 Å². The van der Waals surface area contributed by atoms with Crippen molar-refractivity contribution in [2.75, 3.05) is 11.9 Å². The van der Waals surface area contributed by atoms with Crippen molar-refractivity contribution in [3.8, 4) is 5.75 Å². The zero-order valence-electron chi connectivity index (χ0n) is 9.94. The Bertz CT molecular complexity index is 603. The lowest BCUT2D eigenvalue weighted by Gasteiger charge is -2.07. The minimum atomic E-state index is -0.373. The average molecular weight is 345 g/mol. The van der Waals surface area contributed by atoms with Gasteiger partial charge in [0.15, 0.2) is 11.7 Å². The maximum atomic E-state index is 12.9. The summed E-state index contributed by atoms with van der Waals surface area (Å²) in [5.74, 6) is -0.278. The van der Waals surface area contributed by atoms with Crippen LogP contribution in [0.25, 0.3) is 0 Å². The van der Waals surface area contributed by atoms with E-state index in [2.05, 4.69) is 26.2 Å². The summed E-state index contributed by atoms with van der Waals surface area (Å²) in [5.41, 5.74) is 0.850. The Morgan fingerprint density at radius 3 is 3.00 bits per heavy atom. The zero-order valence-corrected chi connectivity index (χ0v) is 12.3. The van der Waals surface area contributed by atoms with Gasteiger partial charge in [-0.05, 0) is 41.1 Å².